The SMILES string of the molecule is O=C(NCCc1ccccc1F)N1C[C@H]2COCC[C@@]2(O)[C@@H]2COCC[C@@H]21. The fourth-order valence-electron chi connectivity index (χ4n) is 4.80. The Morgan fingerprint density at radius 1 is 1.30 bits per heavy atom. The second-order valence-corrected chi connectivity index (χ2v) is 7.78. The minimum absolute atomic E-state index is 0.0356. The van der Waals surface area contributed by atoms with Crippen molar-refractivity contribution in [3.63, 3.8) is 0 Å². The van der Waals surface area contributed by atoms with Gasteiger partial charge in [0, 0.05) is 50.6 Å². The fourth-order valence-corrected chi connectivity index (χ4v) is 4.80. The number of fused-ring (bicyclic) bond motifs is 3. The minimum Gasteiger partial charge on any atom is -0.389 e. The number of hydrogen-bond donors (Lipinski definition) is 2. The van der Waals surface area contributed by atoms with Crippen LogP contribution in [0, 0.1) is 17.7 Å². The first-order valence-corrected chi connectivity index (χ1v) is 9.75. The molecule has 2 amide bonds. The smallest absolute Gasteiger partial charge is 0.317 e. The lowest BCUT2D eigenvalue weighted by molar-refractivity contribution is -0.211. The highest BCUT2D eigenvalue weighted by Gasteiger charge is 2.56. The number of amides is 2. The molecule has 3 saturated heterocycles. The zero-order valence-corrected chi connectivity index (χ0v) is 15.4. The van der Waals surface area contributed by atoms with Crippen LogP contribution in [0.3, 0.4) is 0 Å². The molecule has 0 radical (unpaired) electrons. The van der Waals surface area contributed by atoms with Gasteiger partial charge in [0.1, 0.15) is 5.82 Å². The normalized spacial score (nSPS) is 33.1. The third-order valence-corrected chi connectivity index (χ3v) is 6.34. The number of likely N-dealkylation sites (tertiary alicyclic amines) is 1. The van der Waals surface area contributed by atoms with E-state index in [-0.39, 0.29) is 29.7 Å². The summed E-state index contributed by atoms with van der Waals surface area (Å²) in [6.45, 7) is 2.91. The van der Waals surface area contributed by atoms with Crippen LogP contribution in [0.15, 0.2) is 24.3 Å². The number of nitrogens with one attached hydrogen (secondary N) is 1. The largest absolute Gasteiger partial charge is 0.389 e. The van der Waals surface area contributed by atoms with Gasteiger partial charge in [0.15, 0.2) is 0 Å². The molecule has 2 N–H and O–H groups in total. The molecule has 3 aliphatic rings. The number of hydrogen-bond acceptors (Lipinski definition) is 4. The standard InChI is InChI=1S/C20H27FN2O4/c21-17-4-2-1-3-14(17)5-8-22-19(24)23-11-15-12-27-10-7-20(15,25)16-13-26-9-6-18(16)23/h1-4,15-16,18,25H,5-13H2,(H,22,24)/t15-,16+,18-,20-/m0/s1. The molecule has 0 bridgehead atoms. The molecule has 4 rings (SSSR count). The lowest BCUT2D eigenvalue weighted by Gasteiger charge is -2.56. The quantitative estimate of drug-likeness (QED) is 0.838. The summed E-state index contributed by atoms with van der Waals surface area (Å²) in [6, 6.07) is 6.42. The van der Waals surface area contributed by atoms with Crippen molar-refractivity contribution in [2.75, 3.05) is 39.5 Å². The molecule has 3 aliphatic heterocycles. The van der Waals surface area contributed by atoms with Crippen LogP contribution in [0.25, 0.3) is 0 Å². The number of carbonyl (C=O) groups is 1. The summed E-state index contributed by atoms with van der Waals surface area (Å²) in [4.78, 5) is 14.7. The van der Waals surface area contributed by atoms with Gasteiger partial charge in [-0.1, -0.05) is 18.2 Å². The lowest BCUT2D eigenvalue weighted by atomic mass is 9.66. The average Bonchev–Trinajstić information content (AvgIpc) is 2.69. The highest BCUT2D eigenvalue weighted by Crippen LogP contribution is 2.44. The van der Waals surface area contributed by atoms with Crippen LogP contribution in [-0.4, -0.2) is 67.2 Å². The summed E-state index contributed by atoms with van der Waals surface area (Å²) in [7, 11) is 0. The minimum atomic E-state index is -0.826. The maximum Gasteiger partial charge on any atom is 0.317 e. The van der Waals surface area contributed by atoms with Gasteiger partial charge in [0.05, 0.1) is 18.8 Å². The second-order valence-electron chi connectivity index (χ2n) is 7.78. The molecule has 1 aromatic carbocycles. The Kier molecular flexibility index (Phi) is 5.34. The number of piperidine rings is 1. The molecule has 0 spiro atoms. The monoisotopic (exact) mass is 378 g/mol. The molecule has 0 aliphatic carbocycles. The maximum absolute atomic E-state index is 13.7. The number of nitrogens with zero attached hydrogens (tertiary/aromatic N) is 1. The molecular formula is C20H27FN2O4. The summed E-state index contributed by atoms with van der Waals surface area (Å²) < 4.78 is 24.9. The van der Waals surface area contributed by atoms with Crippen molar-refractivity contribution >= 4 is 6.03 Å². The van der Waals surface area contributed by atoms with Crippen molar-refractivity contribution in [3.05, 3.63) is 35.6 Å². The molecule has 148 valence electrons. The predicted octanol–water partition coefficient (Wildman–Crippen LogP) is 1.57. The Labute approximate surface area is 158 Å². The van der Waals surface area contributed by atoms with E-state index < -0.39 is 5.60 Å². The van der Waals surface area contributed by atoms with Gasteiger partial charge in [0.2, 0.25) is 0 Å². The van der Waals surface area contributed by atoms with Gasteiger partial charge in [-0.05, 0) is 24.5 Å². The Morgan fingerprint density at radius 2 is 2.11 bits per heavy atom. The maximum atomic E-state index is 13.7. The van der Waals surface area contributed by atoms with E-state index in [1.807, 2.05) is 4.90 Å². The second kappa shape index (κ2) is 7.73. The molecule has 27 heavy (non-hydrogen) atoms. The van der Waals surface area contributed by atoms with Crippen LogP contribution in [0.5, 0.6) is 0 Å². The van der Waals surface area contributed by atoms with Gasteiger partial charge in [0.25, 0.3) is 0 Å². The van der Waals surface area contributed by atoms with E-state index >= 15 is 0 Å². The topological polar surface area (TPSA) is 71.0 Å². The average molecular weight is 378 g/mol. The molecule has 0 saturated carbocycles. The number of rotatable bonds is 3. The summed E-state index contributed by atoms with van der Waals surface area (Å²) in [6.07, 6.45) is 1.76. The number of benzene rings is 1. The summed E-state index contributed by atoms with van der Waals surface area (Å²) in [5.41, 5.74) is -0.233. The van der Waals surface area contributed by atoms with Gasteiger partial charge in [-0.15, -0.1) is 0 Å². The van der Waals surface area contributed by atoms with Crippen LogP contribution in [0.1, 0.15) is 18.4 Å². The van der Waals surface area contributed by atoms with Gasteiger partial charge in [-0.25, -0.2) is 9.18 Å². The van der Waals surface area contributed by atoms with Crippen LogP contribution in [0.2, 0.25) is 0 Å². The fraction of sp³-hybridized carbons (Fsp3) is 0.650. The third kappa shape index (κ3) is 3.56. The molecule has 4 atom stereocenters. The van der Waals surface area contributed by atoms with Gasteiger partial charge < -0.3 is 24.8 Å². The van der Waals surface area contributed by atoms with Crippen molar-refractivity contribution in [2.45, 2.75) is 30.9 Å². The summed E-state index contributed by atoms with van der Waals surface area (Å²) in [5.74, 6) is -0.448. The Hall–Kier alpha value is -1.70. The molecule has 1 aromatic rings. The molecular weight excluding hydrogens is 351 g/mol. The highest BCUT2D eigenvalue weighted by atomic mass is 19.1. The zero-order chi connectivity index (χ0) is 18.9. The van der Waals surface area contributed by atoms with Gasteiger partial charge in [-0.3, -0.25) is 0 Å². The molecule has 0 aromatic heterocycles. The van der Waals surface area contributed by atoms with Crippen molar-refractivity contribution < 1.29 is 23.8 Å². The first-order chi connectivity index (χ1) is 13.1. The Morgan fingerprint density at radius 3 is 2.96 bits per heavy atom. The first kappa shape index (κ1) is 18.7. The van der Waals surface area contributed by atoms with E-state index in [0.717, 1.165) is 6.42 Å². The number of aliphatic hydroxyl groups is 1. The molecule has 6 nitrogen and oxygen atoms in total. The molecule has 3 fully saturated rings. The van der Waals surface area contributed by atoms with Crippen molar-refractivity contribution in [1.82, 2.24) is 10.2 Å². The van der Waals surface area contributed by atoms with Crippen molar-refractivity contribution in [2.24, 2.45) is 11.8 Å². The van der Waals surface area contributed by atoms with Crippen LogP contribution < -0.4 is 5.32 Å². The lowest BCUT2D eigenvalue weighted by Crippen LogP contribution is -2.69. The molecule has 3 heterocycles. The van der Waals surface area contributed by atoms with E-state index in [0.29, 0.717) is 57.9 Å². The van der Waals surface area contributed by atoms with E-state index in [9.17, 15) is 14.3 Å². The summed E-state index contributed by atoms with van der Waals surface area (Å²) >= 11 is 0. The Balaban J connectivity index is 1.42. The predicted molar refractivity (Wildman–Crippen MR) is 96.8 cm³/mol. The first-order valence-electron chi connectivity index (χ1n) is 9.75. The summed E-state index contributed by atoms with van der Waals surface area (Å²) in [5, 5.41) is 14.2. The van der Waals surface area contributed by atoms with Crippen molar-refractivity contribution in [1.29, 1.82) is 0 Å². The third-order valence-electron chi connectivity index (χ3n) is 6.34. The van der Waals surface area contributed by atoms with Crippen LogP contribution >= 0.6 is 0 Å². The number of urea groups is 1. The zero-order valence-electron chi connectivity index (χ0n) is 15.4. The van der Waals surface area contributed by atoms with Crippen LogP contribution in [-0.2, 0) is 15.9 Å². The number of carbonyl (C=O) groups excluding carboxylic acids is 1. The van der Waals surface area contributed by atoms with Crippen molar-refractivity contribution in [3.8, 4) is 0 Å². The Bertz CT molecular complexity index is 688. The van der Waals surface area contributed by atoms with Gasteiger partial charge >= 0.3 is 6.03 Å². The number of halogens is 1. The van der Waals surface area contributed by atoms with E-state index in [1.54, 1.807) is 18.2 Å². The van der Waals surface area contributed by atoms with E-state index in [2.05, 4.69) is 5.32 Å². The highest BCUT2D eigenvalue weighted by molar-refractivity contribution is 5.75. The van der Waals surface area contributed by atoms with E-state index in [4.69, 9.17) is 9.47 Å². The van der Waals surface area contributed by atoms with Gasteiger partial charge in [-0.2, -0.15) is 0 Å². The molecule has 7 heteroatoms. The number of ether oxygens (including phenoxy) is 2. The van der Waals surface area contributed by atoms with Crippen LogP contribution in [0.4, 0.5) is 9.18 Å². The van der Waals surface area contributed by atoms with E-state index in [1.165, 1.54) is 6.07 Å². The molecule has 0 unspecified atom stereocenters.